The van der Waals surface area contributed by atoms with Gasteiger partial charge in [-0.25, -0.2) is 0 Å². The lowest BCUT2D eigenvalue weighted by molar-refractivity contribution is -0.139. The van der Waals surface area contributed by atoms with Crippen LogP contribution in [0.15, 0.2) is 30.3 Å². The van der Waals surface area contributed by atoms with Crippen LogP contribution in [0, 0.1) is 0 Å². The van der Waals surface area contributed by atoms with Gasteiger partial charge in [-0.3, -0.25) is 14.4 Å². The highest BCUT2D eigenvalue weighted by atomic mass is 16.5. The number of hydrogen-bond donors (Lipinski definition) is 2. The molecule has 0 aliphatic rings. The Hall–Kier alpha value is -2.57. The first-order chi connectivity index (χ1) is 10.5. The average Bonchev–Trinajstić information content (AvgIpc) is 2.52. The van der Waals surface area contributed by atoms with Gasteiger partial charge in [-0.05, 0) is 19.1 Å². The molecule has 0 spiro atoms. The number of likely N-dealkylation sites (N-methyl/N-ethyl adjacent to an activating group) is 1. The van der Waals surface area contributed by atoms with E-state index in [9.17, 15) is 14.4 Å². The molecule has 0 aliphatic carbocycles. The highest BCUT2D eigenvalue weighted by molar-refractivity contribution is 5.85. The van der Waals surface area contributed by atoms with Crippen molar-refractivity contribution in [1.82, 2.24) is 10.2 Å². The fraction of sp³-hybridized carbons (Fsp3) is 0.400. The summed E-state index contributed by atoms with van der Waals surface area (Å²) in [6.45, 7) is 1.91. The van der Waals surface area contributed by atoms with Gasteiger partial charge in [0.25, 0.3) is 5.91 Å². The Kier molecular flexibility index (Phi) is 7.45. The molecule has 0 fully saturated rings. The number of carboxylic acid groups (broad SMARTS) is 1. The molecule has 22 heavy (non-hydrogen) atoms. The zero-order valence-electron chi connectivity index (χ0n) is 12.4. The van der Waals surface area contributed by atoms with Gasteiger partial charge in [0, 0.05) is 13.1 Å². The number of nitrogens with one attached hydrogen (secondary N) is 1. The van der Waals surface area contributed by atoms with Gasteiger partial charge in [0.15, 0.2) is 6.61 Å². The maximum atomic E-state index is 11.8. The minimum absolute atomic E-state index is 0.120. The minimum Gasteiger partial charge on any atom is -0.484 e. The van der Waals surface area contributed by atoms with Crippen molar-refractivity contribution >= 4 is 17.8 Å². The zero-order chi connectivity index (χ0) is 16.4. The number of amides is 2. The molecule has 2 N–H and O–H groups in total. The number of carbonyl (C=O) groups is 3. The zero-order valence-corrected chi connectivity index (χ0v) is 12.4. The van der Waals surface area contributed by atoms with Crippen LogP contribution in [0.3, 0.4) is 0 Å². The molecule has 0 heterocycles. The Bertz CT molecular complexity index is 504. The number of carbonyl (C=O) groups excluding carboxylic acids is 2. The number of ether oxygens (including phenoxy) is 1. The van der Waals surface area contributed by atoms with Crippen molar-refractivity contribution in [1.29, 1.82) is 0 Å². The first-order valence-electron chi connectivity index (χ1n) is 6.97. The van der Waals surface area contributed by atoms with Crippen molar-refractivity contribution in [3.63, 3.8) is 0 Å². The van der Waals surface area contributed by atoms with Gasteiger partial charge in [-0.1, -0.05) is 18.2 Å². The summed E-state index contributed by atoms with van der Waals surface area (Å²) in [5.41, 5.74) is 0. The second-order valence-corrected chi connectivity index (χ2v) is 4.50. The number of para-hydroxylation sites is 1. The molecule has 1 aromatic carbocycles. The molecule has 0 radical (unpaired) electrons. The molecule has 0 bridgehead atoms. The highest BCUT2D eigenvalue weighted by Crippen LogP contribution is 2.07. The van der Waals surface area contributed by atoms with Gasteiger partial charge < -0.3 is 20.1 Å². The molecule has 0 saturated carbocycles. The SMILES string of the molecule is CCN(CCC(=O)O)C(=O)CNC(=O)COc1ccccc1. The molecule has 2 amide bonds. The topological polar surface area (TPSA) is 95.9 Å². The Morgan fingerprint density at radius 1 is 1.23 bits per heavy atom. The molecule has 1 rings (SSSR count). The van der Waals surface area contributed by atoms with Crippen molar-refractivity contribution < 1.29 is 24.2 Å². The predicted octanol–water partition coefficient (Wildman–Crippen LogP) is 0.505. The van der Waals surface area contributed by atoms with E-state index in [1.807, 2.05) is 6.07 Å². The van der Waals surface area contributed by atoms with Crippen LogP contribution in [-0.2, 0) is 14.4 Å². The average molecular weight is 308 g/mol. The Balaban J connectivity index is 2.29. The van der Waals surface area contributed by atoms with Crippen LogP contribution >= 0.6 is 0 Å². The summed E-state index contributed by atoms with van der Waals surface area (Å²) in [7, 11) is 0. The van der Waals surface area contributed by atoms with E-state index in [4.69, 9.17) is 9.84 Å². The van der Waals surface area contributed by atoms with E-state index < -0.39 is 11.9 Å². The van der Waals surface area contributed by atoms with E-state index in [1.165, 1.54) is 4.90 Å². The summed E-state index contributed by atoms with van der Waals surface area (Å²) in [4.78, 5) is 35.3. The molecule has 0 aliphatic heterocycles. The van der Waals surface area contributed by atoms with E-state index in [2.05, 4.69) is 5.32 Å². The van der Waals surface area contributed by atoms with Gasteiger partial charge in [0.1, 0.15) is 5.75 Å². The standard InChI is InChI=1S/C15H20N2O5/c1-2-17(9-8-15(20)21)14(19)10-16-13(18)11-22-12-6-4-3-5-7-12/h3-7H,2,8-11H2,1H3,(H,16,18)(H,20,21). The van der Waals surface area contributed by atoms with Crippen LogP contribution in [0.4, 0.5) is 0 Å². The third-order valence-corrected chi connectivity index (χ3v) is 2.88. The van der Waals surface area contributed by atoms with E-state index >= 15 is 0 Å². The molecular formula is C15H20N2O5. The summed E-state index contributed by atoms with van der Waals surface area (Å²) in [6.07, 6.45) is -0.120. The van der Waals surface area contributed by atoms with Crippen LogP contribution in [0.5, 0.6) is 5.75 Å². The van der Waals surface area contributed by atoms with Gasteiger partial charge in [-0.15, -0.1) is 0 Å². The Morgan fingerprint density at radius 3 is 2.50 bits per heavy atom. The summed E-state index contributed by atoms with van der Waals surface area (Å²) in [5, 5.41) is 11.1. The fourth-order valence-corrected chi connectivity index (χ4v) is 1.69. The van der Waals surface area contributed by atoms with Crippen LogP contribution in [0.1, 0.15) is 13.3 Å². The van der Waals surface area contributed by atoms with Crippen LogP contribution < -0.4 is 10.1 Å². The van der Waals surface area contributed by atoms with Gasteiger partial charge in [0.2, 0.25) is 5.91 Å². The largest absolute Gasteiger partial charge is 0.484 e. The molecule has 7 nitrogen and oxygen atoms in total. The molecule has 0 aromatic heterocycles. The lowest BCUT2D eigenvalue weighted by atomic mass is 10.3. The van der Waals surface area contributed by atoms with Crippen molar-refractivity contribution in [2.45, 2.75) is 13.3 Å². The molecule has 120 valence electrons. The number of hydrogen-bond acceptors (Lipinski definition) is 4. The highest BCUT2D eigenvalue weighted by Gasteiger charge is 2.14. The number of carboxylic acids is 1. The molecule has 0 unspecified atom stereocenters. The van der Waals surface area contributed by atoms with Crippen molar-refractivity contribution in [2.24, 2.45) is 0 Å². The Labute approximate surface area is 128 Å². The third kappa shape index (κ3) is 6.74. The smallest absolute Gasteiger partial charge is 0.305 e. The third-order valence-electron chi connectivity index (χ3n) is 2.88. The molecule has 0 atom stereocenters. The van der Waals surface area contributed by atoms with Crippen molar-refractivity contribution in [3.05, 3.63) is 30.3 Å². The minimum atomic E-state index is -0.966. The Morgan fingerprint density at radius 2 is 1.91 bits per heavy atom. The van der Waals surface area contributed by atoms with E-state index in [0.29, 0.717) is 12.3 Å². The van der Waals surface area contributed by atoms with Crippen LogP contribution in [0.2, 0.25) is 0 Å². The molecular weight excluding hydrogens is 288 g/mol. The van der Waals surface area contributed by atoms with Gasteiger partial charge in [0.05, 0.1) is 13.0 Å². The second kappa shape index (κ2) is 9.38. The summed E-state index contributed by atoms with van der Waals surface area (Å²) >= 11 is 0. The fourth-order valence-electron chi connectivity index (χ4n) is 1.69. The maximum absolute atomic E-state index is 11.8. The molecule has 7 heteroatoms. The van der Waals surface area contributed by atoms with E-state index in [0.717, 1.165) is 0 Å². The first-order valence-corrected chi connectivity index (χ1v) is 6.97. The maximum Gasteiger partial charge on any atom is 0.305 e. The lowest BCUT2D eigenvalue weighted by Gasteiger charge is -2.20. The first kappa shape index (κ1) is 17.5. The number of benzene rings is 1. The second-order valence-electron chi connectivity index (χ2n) is 4.50. The lowest BCUT2D eigenvalue weighted by Crippen LogP contribution is -2.42. The molecule has 1 aromatic rings. The summed E-state index contributed by atoms with van der Waals surface area (Å²) in [5.74, 6) is -1.13. The number of aliphatic carboxylic acids is 1. The van der Waals surface area contributed by atoms with Crippen LogP contribution in [0.25, 0.3) is 0 Å². The summed E-state index contributed by atoms with van der Waals surface area (Å²) in [6, 6.07) is 8.87. The van der Waals surface area contributed by atoms with E-state index in [1.54, 1.807) is 31.2 Å². The van der Waals surface area contributed by atoms with E-state index in [-0.39, 0.29) is 32.0 Å². The van der Waals surface area contributed by atoms with Crippen molar-refractivity contribution in [3.8, 4) is 5.75 Å². The number of nitrogens with zero attached hydrogens (tertiary/aromatic N) is 1. The monoisotopic (exact) mass is 308 g/mol. The normalized spacial score (nSPS) is 9.86. The molecule has 0 saturated heterocycles. The van der Waals surface area contributed by atoms with Gasteiger partial charge >= 0.3 is 5.97 Å². The predicted molar refractivity (Wildman–Crippen MR) is 79.5 cm³/mol. The number of rotatable bonds is 9. The van der Waals surface area contributed by atoms with Crippen molar-refractivity contribution in [2.75, 3.05) is 26.2 Å². The van der Waals surface area contributed by atoms with Gasteiger partial charge in [-0.2, -0.15) is 0 Å². The quantitative estimate of drug-likeness (QED) is 0.693. The van der Waals surface area contributed by atoms with Crippen LogP contribution in [-0.4, -0.2) is 54.0 Å². The summed E-state index contributed by atoms with van der Waals surface area (Å²) < 4.78 is 5.25.